The molecule has 0 radical (unpaired) electrons. The van der Waals surface area contributed by atoms with Crippen molar-refractivity contribution in [1.29, 1.82) is 0 Å². The summed E-state index contributed by atoms with van der Waals surface area (Å²) in [5.74, 6) is -2.85. The number of rotatable bonds is 11. The van der Waals surface area contributed by atoms with Crippen molar-refractivity contribution in [2.75, 3.05) is 27.1 Å². The van der Waals surface area contributed by atoms with Crippen molar-refractivity contribution in [3.63, 3.8) is 0 Å². The minimum atomic E-state index is -0.976. The van der Waals surface area contributed by atoms with E-state index in [9.17, 15) is 19.2 Å². The lowest BCUT2D eigenvalue weighted by atomic mass is 9.98. The lowest BCUT2D eigenvalue weighted by Crippen LogP contribution is -2.37. The van der Waals surface area contributed by atoms with E-state index in [4.69, 9.17) is 37.9 Å². The van der Waals surface area contributed by atoms with Crippen molar-refractivity contribution in [2.45, 2.75) is 84.3 Å². The molecule has 276 valence electrons. The molecule has 0 aromatic heterocycles. The van der Waals surface area contributed by atoms with Crippen molar-refractivity contribution in [3.05, 3.63) is 77.4 Å². The van der Waals surface area contributed by atoms with Crippen LogP contribution < -0.4 is 14.8 Å². The van der Waals surface area contributed by atoms with Crippen LogP contribution in [-0.4, -0.2) is 87.2 Å². The molecule has 2 aliphatic rings. The van der Waals surface area contributed by atoms with Gasteiger partial charge in [-0.25, -0.2) is 9.59 Å². The molecule has 0 aliphatic carbocycles. The number of hydrogen-bond donors (Lipinski definition) is 1. The molecule has 2 aromatic carbocycles. The number of benzene rings is 2. The van der Waals surface area contributed by atoms with Crippen LogP contribution in [0.1, 0.15) is 74.2 Å². The highest BCUT2D eigenvalue weighted by molar-refractivity contribution is 5.97. The van der Waals surface area contributed by atoms with Gasteiger partial charge in [-0.05, 0) is 57.0 Å². The van der Waals surface area contributed by atoms with Gasteiger partial charge < -0.3 is 43.2 Å². The first-order valence-electron chi connectivity index (χ1n) is 16.8. The Morgan fingerprint density at radius 1 is 1.02 bits per heavy atom. The molecule has 1 N–H and O–H groups in total. The Morgan fingerprint density at radius 3 is 2.45 bits per heavy atom. The van der Waals surface area contributed by atoms with Crippen LogP contribution in [0.25, 0.3) is 6.08 Å². The Kier molecular flexibility index (Phi) is 13.8. The number of methoxy groups -OCH3 is 1. The molecule has 2 heterocycles. The monoisotopic (exact) mass is 709 g/mol. The molecule has 1 saturated heterocycles. The van der Waals surface area contributed by atoms with Crippen LogP contribution in [0.3, 0.4) is 0 Å². The number of carbonyl (C=O) groups excluding carboxylic acids is 4. The third kappa shape index (κ3) is 11.4. The molecule has 13 heteroatoms. The zero-order valence-electron chi connectivity index (χ0n) is 30.0. The molecule has 13 nitrogen and oxygen atoms in total. The minimum absolute atomic E-state index is 0.0340. The summed E-state index contributed by atoms with van der Waals surface area (Å²) in [4.78, 5) is 50.3. The predicted molar refractivity (Wildman–Crippen MR) is 185 cm³/mol. The number of esters is 3. The predicted octanol–water partition coefficient (Wildman–Crippen LogP) is 5.02. The normalized spacial score (nSPS) is 24.7. The highest BCUT2D eigenvalue weighted by Gasteiger charge is 2.45. The fourth-order valence-electron chi connectivity index (χ4n) is 5.51. The maximum Gasteiger partial charge on any atom is 0.342 e. The zero-order valence-corrected chi connectivity index (χ0v) is 30.0. The Labute approximate surface area is 298 Å². The standard InChI is InChI=1S/C38H47NO12/c1-23-16-17-31(49-36(42)27-12-9-8-10-13-27)35-32(50-38(5,6)51-35)15-11-14-28-18-29(45-21-30(48-26(4)41)20-39-25(3)40)19-33(46-22-44-7)34(28)37(43)47-24(23)2/h8-14,16-19,23-24,30-32,35H,15,20-22H2,1-7H3,(H,39,40)/b14-11+,17-16-/t23-,24+,30?,31?,32+,35-/m1/s1. The largest absolute Gasteiger partial charge is 0.489 e. The first kappa shape index (κ1) is 39.1. The summed E-state index contributed by atoms with van der Waals surface area (Å²) in [6, 6.07) is 11.8. The Hall–Kier alpha value is -4.72. The summed E-state index contributed by atoms with van der Waals surface area (Å²) in [7, 11) is 1.45. The molecular weight excluding hydrogens is 662 g/mol. The van der Waals surface area contributed by atoms with Gasteiger partial charge in [0.05, 0.1) is 18.2 Å². The van der Waals surface area contributed by atoms with E-state index in [2.05, 4.69) is 5.32 Å². The topological polar surface area (TPSA) is 154 Å². The molecule has 1 amide bonds. The van der Waals surface area contributed by atoms with Crippen molar-refractivity contribution >= 4 is 29.9 Å². The highest BCUT2D eigenvalue weighted by Crippen LogP contribution is 2.36. The number of cyclic esters (lactones) is 1. The van der Waals surface area contributed by atoms with E-state index in [1.54, 1.807) is 63.3 Å². The lowest BCUT2D eigenvalue weighted by Gasteiger charge is -2.26. The molecular formula is C38H47NO12. The fraction of sp³-hybridized carbons (Fsp3) is 0.474. The number of nitrogens with one attached hydrogen (secondary N) is 1. The average molecular weight is 710 g/mol. The van der Waals surface area contributed by atoms with Crippen molar-refractivity contribution in [1.82, 2.24) is 5.32 Å². The van der Waals surface area contributed by atoms with E-state index in [0.717, 1.165) is 0 Å². The van der Waals surface area contributed by atoms with Gasteiger partial charge in [0, 0.05) is 32.9 Å². The first-order chi connectivity index (χ1) is 24.3. The number of fused-ring (bicyclic) bond motifs is 2. The number of ether oxygens (including phenoxy) is 8. The van der Waals surface area contributed by atoms with E-state index in [0.29, 0.717) is 17.5 Å². The van der Waals surface area contributed by atoms with Crippen molar-refractivity contribution in [2.24, 2.45) is 5.92 Å². The van der Waals surface area contributed by atoms with E-state index in [-0.39, 0.29) is 48.8 Å². The summed E-state index contributed by atoms with van der Waals surface area (Å²) in [5.41, 5.74) is 0.940. The van der Waals surface area contributed by atoms with E-state index < -0.39 is 54.2 Å². The quantitative estimate of drug-likeness (QED) is 0.144. The minimum Gasteiger partial charge on any atom is -0.489 e. The Morgan fingerprint density at radius 2 is 1.76 bits per heavy atom. The Bertz CT molecular complexity index is 1590. The summed E-state index contributed by atoms with van der Waals surface area (Å²) in [5, 5.41) is 2.62. The fourth-order valence-corrected chi connectivity index (χ4v) is 5.51. The van der Waals surface area contributed by atoms with Gasteiger partial charge >= 0.3 is 17.9 Å². The summed E-state index contributed by atoms with van der Waals surface area (Å²) < 4.78 is 46.9. The molecule has 4 rings (SSSR count). The SMILES string of the molecule is COCOc1cc(OCC(CNC(C)=O)OC(C)=O)cc2c1C(=O)O[C@@H](C)[C@H](C)/C=C\C(OC(=O)c1ccccc1)[C@H]1OC(C)(C)O[C@H]1C/C=C/2. The van der Waals surface area contributed by atoms with E-state index in [1.807, 2.05) is 25.1 Å². The summed E-state index contributed by atoms with van der Waals surface area (Å²) in [6.45, 7) is 9.60. The maximum atomic E-state index is 13.8. The summed E-state index contributed by atoms with van der Waals surface area (Å²) in [6.07, 6.45) is 4.00. The van der Waals surface area contributed by atoms with Crippen LogP contribution in [0.15, 0.2) is 60.7 Å². The van der Waals surface area contributed by atoms with Crippen molar-refractivity contribution < 1.29 is 57.1 Å². The molecule has 6 atom stereocenters. The molecule has 1 fully saturated rings. The average Bonchev–Trinajstić information content (AvgIpc) is 3.39. The molecule has 0 saturated carbocycles. The number of amides is 1. The van der Waals surface area contributed by atoms with Gasteiger partial charge in [-0.2, -0.15) is 0 Å². The smallest absolute Gasteiger partial charge is 0.342 e. The first-order valence-corrected chi connectivity index (χ1v) is 16.8. The van der Waals surface area contributed by atoms with Gasteiger partial charge in [0.25, 0.3) is 0 Å². The molecule has 2 aliphatic heterocycles. The second-order valence-corrected chi connectivity index (χ2v) is 12.8. The summed E-state index contributed by atoms with van der Waals surface area (Å²) >= 11 is 0. The van der Waals surface area contributed by atoms with E-state index in [1.165, 1.54) is 27.0 Å². The highest BCUT2D eigenvalue weighted by atomic mass is 16.8. The van der Waals surface area contributed by atoms with Crippen LogP contribution >= 0.6 is 0 Å². The van der Waals surface area contributed by atoms with E-state index >= 15 is 0 Å². The second-order valence-electron chi connectivity index (χ2n) is 12.8. The van der Waals surface area contributed by atoms with Gasteiger partial charge in [0.2, 0.25) is 5.91 Å². The third-order valence-electron chi connectivity index (χ3n) is 8.09. The van der Waals surface area contributed by atoms with Crippen LogP contribution in [0.4, 0.5) is 0 Å². The second kappa shape index (κ2) is 18.0. The molecule has 2 unspecified atom stereocenters. The van der Waals surface area contributed by atoms with Crippen LogP contribution in [0, 0.1) is 5.92 Å². The van der Waals surface area contributed by atoms with Crippen molar-refractivity contribution in [3.8, 4) is 11.5 Å². The van der Waals surface area contributed by atoms with Gasteiger partial charge in [-0.1, -0.05) is 43.4 Å². The molecule has 51 heavy (non-hydrogen) atoms. The Balaban J connectivity index is 1.72. The zero-order chi connectivity index (χ0) is 37.1. The number of hydrogen-bond acceptors (Lipinski definition) is 12. The van der Waals surface area contributed by atoms with Gasteiger partial charge in [-0.15, -0.1) is 0 Å². The van der Waals surface area contributed by atoms with Gasteiger partial charge in [-0.3, -0.25) is 9.59 Å². The third-order valence-corrected chi connectivity index (χ3v) is 8.09. The van der Waals surface area contributed by atoms with Gasteiger partial charge in [0.1, 0.15) is 42.0 Å². The van der Waals surface area contributed by atoms with Gasteiger partial charge in [0.15, 0.2) is 18.7 Å². The molecule has 0 bridgehead atoms. The lowest BCUT2D eigenvalue weighted by molar-refractivity contribution is -0.152. The van der Waals surface area contributed by atoms with Crippen LogP contribution in [0.2, 0.25) is 0 Å². The molecule has 2 aromatic rings. The molecule has 0 spiro atoms. The van der Waals surface area contributed by atoms with Crippen LogP contribution in [-0.2, 0) is 38.0 Å². The van der Waals surface area contributed by atoms with Crippen LogP contribution in [0.5, 0.6) is 11.5 Å². The maximum absolute atomic E-state index is 13.8. The number of carbonyl (C=O) groups is 4.